The second kappa shape index (κ2) is 79.0. The number of hydrogen-bond acceptors (Lipinski definition) is 21. The van der Waals surface area contributed by atoms with E-state index in [9.17, 15) is 30.6 Å². The Morgan fingerprint density at radius 2 is 0.362 bits per heavy atom. The fourth-order valence-electron chi connectivity index (χ4n) is 0.399. The van der Waals surface area contributed by atoms with Gasteiger partial charge in [-0.2, -0.15) is 0 Å². The van der Waals surface area contributed by atoms with E-state index in [0.29, 0.717) is 0 Å². The van der Waals surface area contributed by atoms with Crippen molar-refractivity contribution in [3.8, 4) is 0 Å². The van der Waals surface area contributed by atoms with Gasteiger partial charge in [-0.25, -0.2) is 0 Å². The van der Waals surface area contributed by atoms with E-state index in [4.69, 9.17) is 67.9 Å². The Balaban J connectivity index is -0.0000000147. The van der Waals surface area contributed by atoms with Crippen molar-refractivity contribution in [3.05, 3.63) is 0 Å². The Labute approximate surface area is 478 Å². The van der Waals surface area contributed by atoms with E-state index in [1.807, 2.05) is 0 Å². The first-order valence-electron chi connectivity index (χ1n) is 14.3. The van der Waals surface area contributed by atoms with Crippen molar-refractivity contribution >= 4 is 31.2 Å². The molecule has 0 aliphatic carbocycles. The minimum Gasteiger partial charge on any atom is -2.00 e. The van der Waals surface area contributed by atoms with Crippen LogP contribution in [0.3, 0.4) is 0 Å². The minimum atomic E-state index is -5.17. The van der Waals surface area contributed by atoms with Crippen molar-refractivity contribution in [2.75, 3.05) is 144 Å². The first-order chi connectivity index (χ1) is 23.0. The third kappa shape index (κ3) is 383. The Hall–Kier alpha value is 2.16. The first kappa shape index (κ1) is 157. The molecule has 0 bridgehead atoms. The molecule has 0 heterocycles. The molecule has 36 nitrogen and oxygen atoms in total. The molecular formula is C24H66N6O30S3V6. The molecule has 0 atom stereocenters. The van der Waals surface area contributed by atoms with Crippen LogP contribution < -0.4 is 47.8 Å². The maximum atomic E-state index is 9.99. The molecular weight excluding hydrogens is 1250 g/mol. The second-order valence-corrected chi connectivity index (χ2v) is 17.6. The number of aliphatic hydroxyl groups excluding tert-OH is 3. The van der Waals surface area contributed by atoms with Crippen molar-refractivity contribution in [2.24, 2.45) is 0 Å². The molecule has 0 fully saturated rings. The Kier molecular flexibility index (Phi) is 180. The van der Waals surface area contributed by atoms with Gasteiger partial charge >= 0.3 is 111 Å². The molecule has 0 aromatic heterocycles. The van der Waals surface area contributed by atoms with Gasteiger partial charge in [-0.3, -0.25) is 25.3 Å². The maximum Gasteiger partial charge on any atom is 4.00 e. The predicted molar refractivity (Wildman–Crippen MR) is 177 cm³/mol. The number of rotatable bonds is 9. The Bertz CT molecular complexity index is 963. The average molecular weight is 1320 g/mol. The third-order valence-corrected chi connectivity index (χ3v) is 2.84. The average Bonchev–Trinajstić information content (AvgIpc) is 2.91. The van der Waals surface area contributed by atoms with Crippen LogP contribution in [-0.2, 0) is 192 Å². The molecule has 12 N–H and O–H groups in total. The molecule has 0 aromatic rings. The first-order valence-corrected chi connectivity index (χ1v) is 18.3. The summed E-state index contributed by atoms with van der Waals surface area (Å²) in [4.78, 5) is 0. The predicted octanol–water partition coefficient (Wildman–Crippen LogP) is -17.1. The van der Waals surface area contributed by atoms with Gasteiger partial charge in [0.15, 0.2) is 0 Å². The van der Waals surface area contributed by atoms with E-state index in [-0.39, 0.29) is 161 Å². The molecule has 45 heteroatoms. The van der Waals surface area contributed by atoms with E-state index in [1.54, 1.807) is 0 Å². The molecule has 0 aromatic carbocycles. The van der Waals surface area contributed by atoms with Crippen LogP contribution in [0.25, 0.3) is 0 Å². The molecule has 0 unspecified atom stereocenters. The van der Waals surface area contributed by atoms with Gasteiger partial charge in [0, 0.05) is 31.2 Å². The zero-order chi connectivity index (χ0) is 46.9. The van der Waals surface area contributed by atoms with Gasteiger partial charge in [0.05, 0.1) is 121 Å². The summed E-state index contributed by atoms with van der Waals surface area (Å²) in [6.07, 6.45) is 0. The van der Waals surface area contributed by atoms with Crippen LogP contribution in [-0.4, -0.2) is 242 Å². The summed E-state index contributed by atoms with van der Waals surface area (Å²) in [5, 5.41) is 84.9. The fourth-order valence-corrected chi connectivity index (χ4v) is 0.399. The standard InChI is InChI=1S/3C4H9NO3.3C4H12N.3H2O4S.9O.6V/c3*5-4(1-6,2-7)3-8;6*1-5(2,3)4;;;;;;;;;;;;;;;/h3*6H,1-3,5H2;3*1-4H3;3*(H2,1,2,3,4);;;;;;;;;;;;;;;/q3*-2;3*+1;;;;9*-2;6*+4/p-3. The van der Waals surface area contributed by atoms with Gasteiger partial charge in [0.1, 0.15) is 0 Å². The molecule has 0 saturated heterocycles. The van der Waals surface area contributed by atoms with Gasteiger partial charge in [-0.15, -0.1) is 0 Å². The van der Waals surface area contributed by atoms with Gasteiger partial charge in [0.25, 0.3) is 0 Å². The Morgan fingerprint density at radius 3 is 0.362 bits per heavy atom. The van der Waals surface area contributed by atoms with Crippen LogP contribution in [0.2, 0.25) is 0 Å². The van der Waals surface area contributed by atoms with Gasteiger partial charge < -0.3 is 153 Å². The molecule has 69 heavy (non-hydrogen) atoms. The number of aliphatic hydroxyl groups is 3. The van der Waals surface area contributed by atoms with E-state index < -0.39 is 107 Å². The summed E-state index contributed by atoms with van der Waals surface area (Å²) in [5.41, 5.74) is 6.21. The van der Waals surface area contributed by atoms with Gasteiger partial charge in [-0.1, -0.05) is 39.6 Å². The maximum absolute atomic E-state index is 9.99. The summed E-state index contributed by atoms with van der Waals surface area (Å²) in [7, 11) is 10.0. The van der Waals surface area contributed by atoms with Crippen LogP contribution in [0.15, 0.2) is 0 Å². The fraction of sp³-hybridized carbons (Fsp3) is 1.00. The zero-order valence-corrected chi connectivity index (χ0v) is 50.4. The van der Waals surface area contributed by atoms with Crippen molar-refractivity contribution in [2.45, 2.75) is 16.6 Å². The Morgan fingerprint density at radius 1 is 0.319 bits per heavy atom. The van der Waals surface area contributed by atoms with Crippen molar-refractivity contribution in [1.82, 2.24) is 0 Å². The van der Waals surface area contributed by atoms with Gasteiger partial charge in [0.2, 0.25) is 0 Å². The normalized spacial score (nSPS) is 9.30. The quantitative estimate of drug-likeness (QED) is 0.0709. The summed E-state index contributed by atoms with van der Waals surface area (Å²) < 4.78 is 105. The summed E-state index contributed by atoms with van der Waals surface area (Å²) in [6, 6.07) is 0. The molecule has 0 saturated carbocycles. The van der Waals surface area contributed by atoms with Crippen molar-refractivity contribution in [1.29, 1.82) is 0 Å². The monoisotopic (exact) mass is 1320 g/mol. The van der Waals surface area contributed by atoms with E-state index >= 15 is 0 Å². The van der Waals surface area contributed by atoms with Crippen LogP contribution in [0.5, 0.6) is 0 Å². The van der Waals surface area contributed by atoms with E-state index in [1.165, 1.54) is 0 Å². The summed E-state index contributed by atoms with van der Waals surface area (Å²) >= 11 is 0. The topological polar surface area (TPSA) is 779 Å². The van der Waals surface area contributed by atoms with Crippen molar-refractivity contribution < 1.29 is 290 Å². The van der Waals surface area contributed by atoms with Crippen LogP contribution in [0.1, 0.15) is 0 Å². The summed E-state index contributed by atoms with van der Waals surface area (Å²) in [5.74, 6) is 0. The van der Waals surface area contributed by atoms with E-state index in [0.717, 1.165) is 13.4 Å². The molecule has 0 amide bonds. The number of quaternary nitrogens is 6. The van der Waals surface area contributed by atoms with Crippen LogP contribution >= 0.6 is 0 Å². The number of nitrogens with zero attached hydrogens (tertiary/aromatic N) is 3. The minimum absolute atomic E-state index is 0. The van der Waals surface area contributed by atoms with E-state index in [2.05, 4.69) is 102 Å². The molecule has 0 spiro atoms. The van der Waals surface area contributed by atoms with Crippen LogP contribution in [0, 0.1) is 0 Å². The third-order valence-electron chi connectivity index (χ3n) is 2.84. The SMILES string of the molecule is C[N+](C)(C)C.C[N+](C)(C)C.C[N+](C)(C)C.O=S(=O)([O-])[O-].O=S(=O)([O-])[O-].O=S(=O)([O-])[O-].[NH3+]C(C[O-])(C[O-])CO.[NH3+]C(C[O-])(C[O-])CO.[NH3+]C(C[O-])(C[O-])CO.[O-2].[O-2].[O-2].[O-2].[O-2].[O-2].[O-2].[O-2].[O-2].[V+4].[V+4].[V+4].[V+4].[V+4].[V+4]. The smallest absolute Gasteiger partial charge is 2.00 e. The second-order valence-electron chi connectivity index (χ2n) is 15.1. The van der Waals surface area contributed by atoms with Crippen LogP contribution in [0.4, 0.5) is 0 Å². The largest absolute Gasteiger partial charge is 4.00 e. The zero-order valence-electron chi connectivity index (χ0n) is 39.6. The van der Waals surface area contributed by atoms with Crippen molar-refractivity contribution in [3.63, 3.8) is 0 Å². The molecule has 0 rings (SSSR count). The number of hydrogen-bond donors (Lipinski definition) is 6. The molecule has 0 aliphatic rings. The van der Waals surface area contributed by atoms with Gasteiger partial charge in [-0.05, 0) is 0 Å². The molecule has 6 radical (unpaired) electrons. The molecule has 0 aliphatic heterocycles. The summed E-state index contributed by atoms with van der Waals surface area (Å²) in [6.45, 7) is -4.88. The molecule has 420 valence electrons.